The molecule has 0 heterocycles. The Morgan fingerprint density at radius 3 is 1.93 bits per heavy atom. The third-order valence-corrected chi connectivity index (χ3v) is 8.23. The maximum absolute atomic E-state index is 12.0. The molecule has 1 atom stereocenters. The van der Waals surface area contributed by atoms with Gasteiger partial charge in [-0.25, -0.2) is 0 Å². The van der Waals surface area contributed by atoms with E-state index >= 15 is 0 Å². The first-order valence-corrected chi connectivity index (χ1v) is 10.3. The highest BCUT2D eigenvalue weighted by Crippen LogP contribution is 2.46. The summed E-state index contributed by atoms with van der Waals surface area (Å²) < 4.78 is 63.6. The Hall–Kier alpha value is -2.68. The second-order valence-corrected chi connectivity index (χ2v) is 9.60. The monoisotopic (exact) mass is 434 g/mol. The van der Waals surface area contributed by atoms with E-state index in [-0.39, 0.29) is 0 Å². The molecule has 0 unspecified atom stereocenters. The first-order chi connectivity index (χ1) is 12.8. The lowest BCUT2D eigenvalue weighted by molar-refractivity contribution is -0.782. The van der Waals surface area contributed by atoms with Crippen molar-refractivity contribution in [2.45, 2.75) is 16.2 Å². The van der Waals surface area contributed by atoms with Crippen LogP contribution in [0.5, 0.6) is 0 Å². The molecule has 14 heteroatoms. The van der Waals surface area contributed by atoms with Gasteiger partial charge < -0.3 is 0 Å². The predicted molar refractivity (Wildman–Crippen MR) is 95.3 cm³/mol. The van der Waals surface area contributed by atoms with Crippen LogP contribution in [0.4, 0.5) is 0 Å². The van der Waals surface area contributed by atoms with Gasteiger partial charge in [-0.2, -0.15) is 16.8 Å². The van der Waals surface area contributed by atoms with Gasteiger partial charge in [-0.05, 0) is 5.56 Å². The fraction of sp³-hybridized carbons (Fsp3) is 0.286. The van der Waals surface area contributed by atoms with Crippen LogP contribution in [0.25, 0.3) is 6.08 Å². The van der Waals surface area contributed by atoms with E-state index in [9.17, 15) is 46.2 Å². The number of hydrogen-bond acceptors (Lipinski definition) is 8. The van der Waals surface area contributed by atoms with Crippen molar-refractivity contribution >= 4 is 26.3 Å². The SMILES string of the molecule is O=[N+]([O-])C1([N+](=O)[O-])C=C[C@@H](/C=C/c2ccccc2)C(S(=O)(=O)O)(S(=O)(=O)O)C1. The maximum Gasteiger partial charge on any atom is 0.480 e. The maximum atomic E-state index is 12.0. The van der Waals surface area contributed by atoms with E-state index in [2.05, 4.69) is 0 Å². The summed E-state index contributed by atoms with van der Waals surface area (Å²) in [6.45, 7) is 0. The number of nitro groups is 2. The number of rotatable bonds is 6. The molecule has 0 aromatic heterocycles. The molecule has 1 aliphatic carbocycles. The molecule has 12 nitrogen and oxygen atoms in total. The molecule has 0 aliphatic heterocycles. The molecule has 2 N–H and O–H groups in total. The molecule has 0 spiro atoms. The first-order valence-electron chi connectivity index (χ1n) is 7.43. The van der Waals surface area contributed by atoms with Crippen molar-refractivity contribution in [3.63, 3.8) is 0 Å². The van der Waals surface area contributed by atoms with E-state index in [1.54, 1.807) is 30.3 Å². The Balaban J connectivity index is 2.79. The first kappa shape index (κ1) is 21.6. The lowest BCUT2D eigenvalue weighted by Crippen LogP contribution is -2.61. The van der Waals surface area contributed by atoms with E-state index in [0.717, 1.165) is 6.08 Å². The minimum Gasteiger partial charge on any atom is -0.284 e. The van der Waals surface area contributed by atoms with Gasteiger partial charge in [0.25, 0.3) is 20.2 Å². The van der Waals surface area contributed by atoms with Crippen molar-refractivity contribution in [2.75, 3.05) is 0 Å². The third kappa shape index (κ3) is 3.42. The summed E-state index contributed by atoms with van der Waals surface area (Å²) in [6, 6.07) is 8.01. The van der Waals surface area contributed by atoms with Crippen molar-refractivity contribution < 1.29 is 35.8 Å². The van der Waals surface area contributed by atoms with Gasteiger partial charge in [0.15, 0.2) is 0 Å². The summed E-state index contributed by atoms with van der Waals surface area (Å²) in [5, 5.41) is 22.6. The van der Waals surface area contributed by atoms with Gasteiger partial charge in [0.1, 0.15) is 16.3 Å². The normalized spacial score (nSPS) is 21.4. The summed E-state index contributed by atoms with van der Waals surface area (Å²) in [5.74, 6) is -1.86. The summed E-state index contributed by atoms with van der Waals surface area (Å²) in [6.07, 6.45) is 1.39. The smallest absolute Gasteiger partial charge is 0.284 e. The highest BCUT2D eigenvalue weighted by molar-refractivity contribution is 8.05. The molecule has 1 aromatic carbocycles. The molecule has 1 aliphatic rings. The Morgan fingerprint density at radius 1 is 1.00 bits per heavy atom. The van der Waals surface area contributed by atoms with Crippen LogP contribution < -0.4 is 0 Å². The molecule has 0 radical (unpaired) electrons. The average Bonchev–Trinajstić information content (AvgIpc) is 2.58. The lowest BCUT2D eigenvalue weighted by atomic mass is 9.87. The van der Waals surface area contributed by atoms with Gasteiger partial charge in [0, 0.05) is 5.92 Å². The molecule has 2 rings (SSSR count). The van der Waals surface area contributed by atoms with E-state index in [4.69, 9.17) is 0 Å². The zero-order chi connectivity index (χ0) is 21.4. The Labute approximate surface area is 159 Å². The van der Waals surface area contributed by atoms with Crippen molar-refractivity contribution in [3.05, 3.63) is 74.4 Å². The van der Waals surface area contributed by atoms with Gasteiger partial charge in [-0.1, -0.05) is 48.6 Å². The minimum atomic E-state index is -5.79. The highest BCUT2D eigenvalue weighted by atomic mass is 32.3. The van der Waals surface area contributed by atoms with Crippen molar-refractivity contribution in [3.8, 4) is 0 Å². The van der Waals surface area contributed by atoms with Crippen molar-refractivity contribution in [1.82, 2.24) is 0 Å². The van der Waals surface area contributed by atoms with Gasteiger partial charge >= 0.3 is 5.66 Å². The summed E-state index contributed by atoms with van der Waals surface area (Å²) in [5.41, 5.74) is -2.92. The number of benzene rings is 1. The standard InChI is InChI=1S/C14H14N2O10S2/c17-15(18)13(16(19)20)9-8-12(7-6-11-4-2-1-3-5-11)14(10-13,27(21,22)23)28(24,25)26/h1-9,12H,10H2,(H,21,22,23)(H,24,25,26)/b7-6+/t12-/m1/s1. The van der Waals surface area contributed by atoms with Crippen LogP contribution in [0.15, 0.2) is 48.6 Å². The Kier molecular flexibility index (Phi) is 5.44. The molecule has 1 aromatic rings. The molecule has 0 fully saturated rings. The number of hydrogen-bond donors (Lipinski definition) is 2. The largest absolute Gasteiger partial charge is 0.480 e. The van der Waals surface area contributed by atoms with Crippen LogP contribution in [-0.4, -0.2) is 45.5 Å². The van der Waals surface area contributed by atoms with Crippen LogP contribution >= 0.6 is 0 Å². The van der Waals surface area contributed by atoms with Crippen molar-refractivity contribution in [1.29, 1.82) is 0 Å². The molecule has 0 saturated heterocycles. The summed E-state index contributed by atoms with van der Waals surface area (Å²) in [4.78, 5) is 19.6. The van der Waals surface area contributed by atoms with E-state index in [1.165, 1.54) is 6.08 Å². The van der Waals surface area contributed by atoms with Crippen molar-refractivity contribution in [2.24, 2.45) is 5.92 Å². The Bertz CT molecular complexity index is 1010. The van der Waals surface area contributed by atoms with E-state index < -0.39 is 52.2 Å². The molecule has 152 valence electrons. The van der Waals surface area contributed by atoms with Crippen LogP contribution in [0.1, 0.15) is 12.0 Å². The van der Waals surface area contributed by atoms with Crippen LogP contribution in [0.2, 0.25) is 0 Å². The molecular weight excluding hydrogens is 420 g/mol. The topological polar surface area (TPSA) is 195 Å². The van der Waals surface area contributed by atoms with Gasteiger partial charge in [-0.3, -0.25) is 29.3 Å². The molecule has 0 saturated carbocycles. The number of nitrogens with zero attached hydrogens (tertiary/aromatic N) is 2. The van der Waals surface area contributed by atoms with Gasteiger partial charge in [0.05, 0.1) is 6.08 Å². The average molecular weight is 434 g/mol. The van der Waals surface area contributed by atoms with Gasteiger partial charge in [-0.15, -0.1) is 0 Å². The Morgan fingerprint density at radius 2 is 1.50 bits per heavy atom. The van der Waals surface area contributed by atoms with Crippen LogP contribution in [0, 0.1) is 26.1 Å². The zero-order valence-electron chi connectivity index (χ0n) is 13.9. The highest BCUT2D eigenvalue weighted by Gasteiger charge is 2.72. The van der Waals surface area contributed by atoms with E-state index in [1.807, 2.05) is 0 Å². The summed E-state index contributed by atoms with van der Waals surface area (Å²) in [7, 11) is -11.6. The van der Waals surface area contributed by atoms with Crippen LogP contribution in [-0.2, 0) is 20.2 Å². The minimum absolute atomic E-state index is 0.432. The molecular formula is C14H14N2O10S2. The second kappa shape index (κ2) is 7.05. The lowest BCUT2D eigenvalue weighted by Gasteiger charge is -2.35. The molecule has 0 bridgehead atoms. The third-order valence-electron chi connectivity index (χ3n) is 4.39. The van der Waals surface area contributed by atoms with E-state index in [0.29, 0.717) is 17.7 Å². The van der Waals surface area contributed by atoms with Crippen LogP contribution in [0.3, 0.4) is 0 Å². The fourth-order valence-electron chi connectivity index (χ4n) is 2.91. The predicted octanol–water partition coefficient (Wildman–Crippen LogP) is 0.997. The summed E-state index contributed by atoms with van der Waals surface area (Å²) >= 11 is 0. The second-order valence-electron chi connectivity index (χ2n) is 5.99. The fourth-order valence-corrected chi connectivity index (χ4v) is 5.77. The quantitative estimate of drug-likeness (QED) is 0.214. The molecule has 0 amide bonds. The zero-order valence-corrected chi connectivity index (χ0v) is 15.5. The van der Waals surface area contributed by atoms with Gasteiger partial charge in [0.2, 0.25) is 4.08 Å². The number of allylic oxidation sites excluding steroid dienone is 2. The molecule has 28 heavy (non-hydrogen) atoms.